The van der Waals surface area contributed by atoms with E-state index in [1.54, 1.807) is 24.5 Å². The molecule has 14 heavy (non-hydrogen) atoms. The quantitative estimate of drug-likeness (QED) is 0.780. The standard InChI is InChI=1S/C10H6BrFN2/c11-8-5-13-10(14-6-8)7-2-1-3-9(12)4-7/h1-6H. The zero-order valence-electron chi connectivity index (χ0n) is 7.11. The Morgan fingerprint density at radius 2 is 1.86 bits per heavy atom. The number of hydrogen-bond donors (Lipinski definition) is 0. The predicted octanol–water partition coefficient (Wildman–Crippen LogP) is 3.05. The number of benzene rings is 1. The van der Waals surface area contributed by atoms with Gasteiger partial charge in [-0.1, -0.05) is 12.1 Å². The second kappa shape index (κ2) is 3.84. The van der Waals surface area contributed by atoms with Crippen LogP contribution in [0, 0.1) is 5.82 Å². The van der Waals surface area contributed by atoms with E-state index in [4.69, 9.17) is 0 Å². The van der Waals surface area contributed by atoms with Gasteiger partial charge in [0.1, 0.15) is 5.82 Å². The van der Waals surface area contributed by atoms with Crippen LogP contribution in [0.1, 0.15) is 0 Å². The van der Waals surface area contributed by atoms with Gasteiger partial charge in [-0.2, -0.15) is 0 Å². The maximum atomic E-state index is 12.9. The Bertz CT molecular complexity index is 442. The lowest BCUT2D eigenvalue weighted by molar-refractivity contribution is 0.628. The summed E-state index contributed by atoms with van der Waals surface area (Å²) in [6, 6.07) is 6.20. The molecule has 2 rings (SSSR count). The summed E-state index contributed by atoms with van der Waals surface area (Å²) < 4.78 is 13.7. The summed E-state index contributed by atoms with van der Waals surface area (Å²) in [7, 11) is 0. The first-order valence-electron chi connectivity index (χ1n) is 3.99. The minimum Gasteiger partial charge on any atom is -0.235 e. The van der Waals surface area contributed by atoms with E-state index in [1.165, 1.54) is 12.1 Å². The molecule has 0 N–H and O–H groups in total. The van der Waals surface area contributed by atoms with Gasteiger partial charge in [0.2, 0.25) is 0 Å². The molecule has 0 radical (unpaired) electrons. The molecule has 0 unspecified atom stereocenters. The molecule has 0 bridgehead atoms. The van der Waals surface area contributed by atoms with Gasteiger partial charge in [-0.3, -0.25) is 0 Å². The summed E-state index contributed by atoms with van der Waals surface area (Å²) in [4.78, 5) is 8.13. The lowest BCUT2D eigenvalue weighted by atomic mass is 10.2. The number of nitrogens with zero attached hydrogens (tertiary/aromatic N) is 2. The summed E-state index contributed by atoms with van der Waals surface area (Å²) in [6.45, 7) is 0. The Kier molecular flexibility index (Phi) is 2.54. The minimum atomic E-state index is -0.283. The van der Waals surface area contributed by atoms with Crippen molar-refractivity contribution in [2.45, 2.75) is 0 Å². The average molecular weight is 253 g/mol. The molecule has 1 aromatic heterocycles. The van der Waals surface area contributed by atoms with Crippen LogP contribution in [0.2, 0.25) is 0 Å². The van der Waals surface area contributed by atoms with Crippen molar-refractivity contribution in [1.82, 2.24) is 9.97 Å². The SMILES string of the molecule is Fc1cccc(-c2ncc(Br)cn2)c1. The highest BCUT2D eigenvalue weighted by molar-refractivity contribution is 9.10. The van der Waals surface area contributed by atoms with Gasteiger partial charge >= 0.3 is 0 Å². The third-order valence-electron chi connectivity index (χ3n) is 1.70. The zero-order chi connectivity index (χ0) is 9.97. The number of rotatable bonds is 1. The highest BCUT2D eigenvalue weighted by atomic mass is 79.9. The molecule has 0 amide bonds. The summed E-state index contributed by atoms with van der Waals surface area (Å²) in [5, 5.41) is 0. The van der Waals surface area contributed by atoms with E-state index in [0.29, 0.717) is 11.4 Å². The van der Waals surface area contributed by atoms with Crippen LogP contribution in [0.3, 0.4) is 0 Å². The van der Waals surface area contributed by atoms with E-state index >= 15 is 0 Å². The fourth-order valence-corrected chi connectivity index (χ4v) is 1.29. The first-order chi connectivity index (χ1) is 6.75. The number of halogens is 2. The molecule has 0 aliphatic rings. The van der Waals surface area contributed by atoms with E-state index in [9.17, 15) is 4.39 Å². The van der Waals surface area contributed by atoms with Gasteiger partial charge < -0.3 is 0 Å². The Balaban J connectivity index is 2.44. The molecule has 1 aromatic carbocycles. The second-order valence-electron chi connectivity index (χ2n) is 2.74. The first-order valence-corrected chi connectivity index (χ1v) is 4.78. The lowest BCUT2D eigenvalue weighted by Gasteiger charge is -1.99. The van der Waals surface area contributed by atoms with Crippen LogP contribution in [-0.4, -0.2) is 9.97 Å². The van der Waals surface area contributed by atoms with Gasteiger partial charge in [-0.25, -0.2) is 14.4 Å². The molecule has 70 valence electrons. The van der Waals surface area contributed by atoms with Gasteiger partial charge in [-0.15, -0.1) is 0 Å². The van der Waals surface area contributed by atoms with Crippen molar-refractivity contribution in [3.63, 3.8) is 0 Å². The molecular formula is C10H6BrFN2. The third kappa shape index (κ3) is 1.96. The van der Waals surface area contributed by atoms with Crippen LogP contribution >= 0.6 is 15.9 Å². The summed E-state index contributed by atoms with van der Waals surface area (Å²) in [5.41, 5.74) is 0.678. The van der Waals surface area contributed by atoms with E-state index in [-0.39, 0.29) is 5.82 Å². The van der Waals surface area contributed by atoms with E-state index in [0.717, 1.165) is 4.47 Å². The summed E-state index contributed by atoms with van der Waals surface area (Å²) in [5.74, 6) is 0.238. The van der Waals surface area contributed by atoms with Crippen LogP contribution in [0.4, 0.5) is 4.39 Å². The van der Waals surface area contributed by atoms with Gasteiger partial charge in [0.25, 0.3) is 0 Å². The number of aromatic nitrogens is 2. The maximum absolute atomic E-state index is 12.9. The molecule has 2 nitrogen and oxygen atoms in total. The van der Waals surface area contributed by atoms with Crippen molar-refractivity contribution in [2.75, 3.05) is 0 Å². The molecule has 4 heteroatoms. The second-order valence-corrected chi connectivity index (χ2v) is 3.65. The van der Waals surface area contributed by atoms with Crippen molar-refractivity contribution in [3.05, 3.63) is 46.9 Å². The largest absolute Gasteiger partial charge is 0.235 e. The van der Waals surface area contributed by atoms with Crippen LogP contribution < -0.4 is 0 Å². The van der Waals surface area contributed by atoms with Crippen molar-refractivity contribution in [3.8, 4) is 11.4 Å². The van der Waals surface area contributed by atoms with Crippen molar-refractivity contribution >= 4 is 15.9 Å². The van der Waals surface area contributed by atoms with E-state index in [2.05, 4.69) is 25.9 Å². The van der Waals surface area contributed by atoms with E-state index < -0.39 is 0 Å². The van der Waals surface area contributed by atoms with Crippen molar-refractivity contribution in [2.24, 2.45) is 0 Å². The Morgan fingerprint density at radius 3 is 2.50 bits per heavy atom. The van der Waals surface area contributed by atoms with Gasteiger partial charge in [0.05, 0.1) is 4.47 Å². The summed E-state index contributed by atoms with van der Waals surface area (Å²) >= 11 is 3.23. The average Bonchev–Trinajstić information content (AvgIpc) is 2.19. The molecule has 0 atom stereocenters. The molecule has 1 heterocycles. The Hall–Kier alpha value is -1.29. The van der Waals surface area contributed by atoms with Crippen molar-refractivity contribution < 1.29 is 4.39 Å². The Labute approximate surface area is 89.0 Å². The van der Waals surface area contributed by atoms with Crippen LogP contribution in [0.5, 0.6) is 0 Å². The monoisotopic (exact) mass is 252 g/mol. The first kappa shape index (κ1) is 9.27. The lowest BCUT2D eigenvalue weighted by Crippen LogP contribution is -1.88. The predicted molar refractivity (Wildman–Crippen MR) is 55.1 cm³/mol. The molecule has 0 saturated carbocycles. The van der Waals surface area contributed by atoms with E-state index in [1.807, 2.05) is 0 Å². The van der Waals surface area contributed by atoms with Gasteiger partial charge in [0.15, 0.2) is 5.82 Å². The van der Waals surface area contributed by atoms with Crippen molar-refractivity contribution in [1.29, 1.82) is 0 Å². The summed E-state index contributed by atoms with van der Waals surface area (Å²) in [6.07, 6.45) is 3.26. The fourth-order valence-electron chi connectivity index (χ4n) is 1.09. The maximum Gasteiger partial charge on any atom is 0.159 e. The molecule has 0 spiro atoms. The van der Waals surface area contributed by atoms with Gasteiger partial charge in [-0.05, 0) is 28.1 Å². The third-order valence-corrected chi connectivity index (χ3v) is 2.11. The topological polar surface area (TPSA) is 25.8 Å². The molecule has 0 aliphatic carbocycles. The molecule has 0 fully saturated rings. The Morgan fingerprint density at radius 1 is 1.14 bits per heavy atom. The smallest absolute Gasteiger partial charge is 0.159 e. The molecule has 0 aliphatic heterocycles. The molecular weight excluding hydrogens is 247 g/mol. The molecule has 0 saturated heterocycles. The highest BCUT2D eigenvalue weighted by Gasteiger charge is 2.01. The number of hydrogen-bond acceptors (Lipinski definition) is 2. The fraction of sp³-hybridized carbons (Fsp3) is 0. The minimum absolute atomic E-state index is 0.283. The van der Waals surface area contributed by atoms with Crippen LogP contribution in [-0.2, 0) is 0 Å². The zero-order valence-corrected chi connectivity index (χ0v) is 8.70. The highest BCUT2D eigenvalue weighted by Crippen LogP contribution is 2.16. The van der Waals surface area contributed by atoms with Gasteiger partial charge in [0, 0.05) is 18.0 Å². The molecule has 2 aromatic rings. The van der Waals surface area contributed by atoms with Crippen LogP contribution in [0.15, 0.2) is 41.1 Å². The van der Waals surface area contributed by atoms with Crippen LogP contribution in [0.25, 0.3) is 11.4 Å². The normalized spacial score (nSPS) is 10.1.